The fraction of sp³-hybridized carbons (Fsp3) is 0.508. The first-order valence-corrected chi connectivity index (χ1v) is 28.4. The number of amides is 2. The molecular formula is C59H74FN13O7. The minimum Gasteiger partial charge on any atom is -0.507 e. The lowest BCUT2D eigenvalue weighted by molar-refractivity contribution is -0.141. The molecule has 5 fully saturated rings. The molecule has 4 atom stereocenters. The number of pyridine rings is 1. The van der Waals surface area contributed by atoms with Gasteiger partial charge in [0.25, 0.3) is 0 Å². The van der Waals surface area contributed by atoms with E-state index in [0.29, 0.717) is 51.7 Å². The smallest absolute Gasteiger partial charge is 0.243 e. The summed E-state index contributed by atoms with van der Waals surface area (Å²) in [4.78, 5) is 43.6. The molecule has 6 aromatic rings. The molecule has 0 unspecified atom stereocenters. The number of halogens is 1. The highest BCUT2D eigenvalue weighted by Gasteiger charge is 2.44. The van der Waals surface area contributed by atoms with Crippen molar-refractivity contribution in [2.45, 2.75) is 108 Å². The lowest BCUT2D eigenvalue weighted by Gasteiger charge is -2.41. The average molecular weight is 1100 g/mol. The third-order valence-corrected chi connectivity index (χ3v) is 17.0. The van der Waals surface area contributed by atoms with Gasteiger partial charge in [0, 0.05) is 127 Å². The van der Waals surface area contributed by atoms with E-state index < -0.39 is 29.9 Å². The summed E-state index contributed by atoms with van der Waals surface area (Å²) in [5.41, 5.74) is 11.2. The van der Waals surface area contributed by atoms with Gasteiger partial charge < -0.3 is 59.8 Å². The quantitative estimate of drug-likeness (QED) is 0.0757. The molecule has 8 heterocycles. The number of aromatic nitrogens is 6. The number of hydrogen-bond acceptors (Lipinski definition) is 17. The van der Waals surface area contributed by atoms with Gasteiger partial charge in [0.15, 0.2) is 23.2 Å². The first-order chi connectivity index (χ1) is 38.7. The summed E-state index contributed by atoms with van der Waals surface area (Å²) in [6.07, 6.45) is 8.61. The van der Waals surface area contributed by atoms with Crippen molar-refractivity contribution in [2.24, 2.45) is 18.9 Å². The van der Waals surface area contributed by atoms with Crippen molar-refractivity contribution in [1.82, 2.24) is 45.2 Å². The second-order valence-corrected chi connectivity index (χ2v) is 22.8. The largest absolute Gasteiger partial charge is 0.507 e. The molecule has 4 saturated heterocycles. The van der Waals surface area contributed by atoms with Crippen LogP contribution in [0.5, 0.6) is 11.6 Å². The zero-order chi connectivity index (χ0) is 55.6. The number of aliphatic hydroxyl groups excluding tert-OH is 1. The van der Waals surface area contributed by atoms with Crippen molar-refractivity contribution >= 4 is 34.8 Å². The third-order valence-electron chi connectivity index (χ3n) is 17.0. The number of phenolic OH excluding ortho intramolecular Hbond substituents is 1. The van der Waals surface area contributed by atoms with Crippen molar-refractivity contribution in [2.75, 3.05) is 85.9 Å². The number of nitrogens with zero attached hydrogens (tertiary/aromatic N) is 11. The van der Waals surface area contributed by atoms with E-state index in [2.05, 4.69) is 50.4 Å². The van der Waals surface area contributed by atoms with Crippen LogP contribution in [0.25, 0.3) is 22.5 Å². The lowest BCUT2D eigenvalue weighted by atomic mass is 9.91. The number of aryl methyl sites for hydroxylation is 1. The number of piperazine rings is 1. The van der Waals surface area contributed by atoms with Crippen LogP contribution in [0.1, 0.15) is 89.0 Å². The monoisotopic (exact) mass is 1100 g/mol. The molecule has 4 aliphatic heterocycles. The van der Waals surface area contributed by atoms with Gasteiger partial charge in [-0.15, -0.1) is 10.2 Å². The standard InChI is InChI=1S/C59H74FN13O7/c1-36(2)55(59(77)73-35-42(74)28-50(73)58(76)64-37(3)39-9-11-40(12-10-39)56-47(60)33-63-68(56)4)52-32-53(67-80-52)72-21-14-38(15-22-72)34-69-19-16-43(17-20-69)78-44-29-45(30-44)79-54-27-41(13-18-62-54)70-23-25-71(26-24-70)49-31-48(65-66-57(49)61)46-7-5-6-8-51(46)75/h5-13,18,27,31-33,36-38,42-45,50,55,74-75H,14-17,19-26,28-30,34-35H2,1-4H3,(H2,61,66)(H,64,76)/t37-,42+,44-,45-,50-,55+/m0/s1. The highest BCUT2D eigenvalue weighted by molar-refractivity contribution is 5.91. The number of anilines is 4. The third kappa shape index (κ3) is 12.0. The normalized spacial score (nSPS) is 22.1. The fourth-order valence-corrected chi connectivity index (χ4v) is 12.3. The van der Waals surface area contributed by atoms with Crippen LogP contribution in [0.3, 0.4) is 0 Å². The summed E-state index contributed by atoms with van der Waals surface area (Å²) in [6, 6.07) is 20.9. The highest BCUT2D eigenvalue weighted by atomic mass is 19.1. The molecule has 2 amide bonds. The van der Waals surface area contributed by atoms with Gasteiger partial charge in [-0.1, -0.05) is 55.4 Å². The Bertz CT molecular complexity index is 3070. The first-order valence-electron chi connectivity index (χ1n) is 28.4. The molecule has 2 aromatic carbocycles. The number of nitrogen functional groups attached to an aromatic ring is 1. The SMILES string of the molecule is CC(C)[C@@H](C(=O)N1C[C@H](O)C[C@H]1C(=O)N[C@@H](C)c1ccc(-c2c(F)cnn2C)cc1)c1cc(N2CCC(CN3CCC(O[C@H]4C[C@H](Oc5cc(N6CCN(c7cc(-c8ccccc8O)nnc7N)CC6)ccn5)C4)CC3)CC2)no1. The van der Waals surface area contributed by atoms with Crippen LogP contribution in [0.15, 0.2) is 89.7 Å². The number of rotatable bonds is 17. The predicted molar refractivity (Wildman–Crippen MR) is 300 cm³/mol. The second-order valence-electron chi connectivity index (χ2n) is 22.8. The van der Waals surface area contributed by atoms with Crippen molar-refractivity contribution in [3.8, 4) is 34.1 Å². The molecule has 424 valence electrons. The van der Waals surface area contributed by atoms with Crippen LogP contribution in [-0.2, 0) is 21.4 Å². The Morgan fingerprint density at radius 3 is 2.30 bits per heavy atom. The number of piperidine rings is 2. The van der Waals surface area contributed by atoms with Gasteiger partial charge in [-0.2, -0.15) is 5.10 Å². The van der Waals surface area contributed by atoms with Gasteiger partial charge in [0.1, 0.15) is 29.5 Å². The van der Waals surface area contributed by atoms with E-state index in [4.69, 9.17) is 19.7 Å². The number of likely N-dealkylation sites (tertiary alicyclic amines) is 2. The Kier molecular flexibility index (Phi) is 16.2. The summed E-state index contributed by atoms with van der Waals surface area (Å²) < 4.78 is 34.7. The Labute approximate surface area is 466 Å². The van der Waals surface area contributed by atoms with Gasteiger partial charge in [-0.05, 0) is 74.3 Å². The molecule has 0 bridgehead atoms. The maximum Gasteiger partial charge on any atom is 0.243 e. The number of nitrogens with one attached hydrogen (secondary N) is 1. The number of ether oxygens (including phenoxy) is 2. The van der Waals surface area contributed by atoms with E-state index in [1.54, 1.807) is 31.3 Å². The molecule has 1 aliphatic carbocycles. The van der Waals surface area contributed by atoms with E-state index in [0.717, 1.165) is 114 Å². The number of nitrogens with two attached hydrogens (primary N) is 1. The molecule has 20 nitrogen and oxygen atoms in total. The van der Waals surface area contributed by atoms with Crippen LogP contribution in [-0.4, -0.2) is 158 Å². The molecule has 0 radical (unpaired) electrons. The molecule has 80 heavy (non-hydrogen) atoms. The van der Waals surface area contributed by atoms with Crippen LogP contribution in [0.4, 0.5) is 27.4 Å². The van der Waals surface area contributed by atoms with Crippen LogP contribution in [0.2, 0.25) is 0 Å². The number of hydrogen-bond donors (Lipinski definition) is 4. The zero-order valence-electron chi connectivity index (χ0n) is 46.1. The summed E-state index contributed by atoms with van der Waals surface area (Å²) in [5.74, 6) is 0.993. The fourth-order valence-electron chi connectivity index (χ4n) is 12.3. The van der Waals surface area contributed by atoms with Crippen molar-refractivity contribution in [1.29, 1.82) is 0 Å². The molecule has 21 heteroatoms. The Hall–Kier alpha value is -7.36. The Morgan fingerprint density at radius 2 is 1.59 bits per heavy atom. The minimum atomic E-state index is -0.858. The number of carbonyl (C=O) groups excluding carboxylic acids is 2. The molecule has 0 spiro atoms. The topological polar surface area (TPSA) is 230 Å². The van der Waals surface area contributed by atoms with Crippen molar-refractivity contribution < 1.29 is 38.2 Å². The number of carbonyl (C=O) groups is 2. The maximum atomic E-state index is 14.4. The number of aromatic hydroxyl groups is 1. The summed E-state index contributed by atoms with van der Waals surface area (Å²) in [6.45, 7) is 13.6. The maximum absolute atomic E-state index is 14.4. The van der Waals surface area contributed by atoms with E-state index in [1.165, 1.54) is 15.8 Å². The van der Waals surface area contributed by atoms with E-state index in [9.17, 15) is 24.2 Å². The summed E-state index contributed by atoms with van der Waals surface area (Å²) in [5, 5.41) is 41.1. The molecular weight excluding hydrogens is 1020 g/mol. The van der Waals surface area contributed by atoms with Gasteiger partial charge in [-0.25, -0.2) is 9.37 Å². The van der Waals surface area contributed by atoms with Crippen LogP contribution < -0.4 is 30.5 Å². The predicted octanol–water partition coefficient (Wildman–Crippen LogP) is 6.57. The summed E-state index contributed by atoms with van der Waals surface area (Å²) >= 11 is 0. The highest BCUT2D eigenvalue weighted by Crippen LogP contribution is 2.37. The minimum absolute atomic E-state index is 0.0443. The van der Waals surface area contributed by atoms with Gasteiger partial charge in [0.2, 0.25) is 17.7 Å². The number of benzene rings is 2. The van der Waals surface area contributed by atoms with Gasteiger partial charge in [-0.3, -0.25) is 14.3 Å². The number of para-hydroxylation sites is 1. The van der Waals surface area contributed by atoms with Crippen molar-refractivity contribution in [3.63, 3.8) is 0 Å². The molecule has 1 saturated carbocycles. The van der Waals surface area contributed by atoms with Gasteiger partial charge >= 0.3 is 0 Å². The van der Waals surface area contributed by atoms with E-state index in [1.807, 2.05) is 75.5 Å². The average Bonchev–Trinajstić information content (AvgIpc) is 4.22. The van der Waals surface area contributed by atoms with E-state index >= 15 is 0 Å². The zero-order valence-corrected chi connectivity index (χ0v) is 46.1. The van der Waals surface area contributed by atoms with E-state index in [-0.39, 0.29) is 54.8 Å². The van der Waals surface area contributed by atoms with Crippen molar-refractivity contribution in [3.05, 3.63) is 102 Å². The molecule has 5 aliphatic rings. The molecule has 4 aromatic heterocycles. The van der Waals surface area contributed by atoms with Crippen LogP contribution >= 0.6 is 0 Å². The Morgan fingerprint density at radius 1 is 0.850 bits per heavy atom. The number of phenols is 1. The van der Waals surface area contributed by atoms with Gasteiger partial charge in [0.05, 0.1) is 41.9 Å². The Balaban J connectivity index is 0.590. The first kappa shape index (κ1) is 54.6. The molecule has 11 rings (SSSR count). The second kappa shape index (κ2) is 23.8. The number of β-amino-alcohol motifs (C(OH)–C–C–N with tert-alkyl or cyclic N) is 1. The lowest BCUT2D eigenvalue weighted by Crippen LogP contribution is -2.48. The summed E-state index contributed by atoms with van der Waals surface area (Å²) in [7, 11) is 1.68. The van der Waals surface area contributed by atoms with Crippen LogP contribution in [0, 0.1) is 17.7 Å². The number of aliphatic hydroxyl groups is 1. The molecule has 5 N–H and O–H groups in total.